The molecule has 136 valence electrons. The summed E-state index contributed by atoms with van der Waals surface area (Å²) in [5.74, 6) is 1.36. The topological polar surface area (TPSA) is 45.8 Å². The third-order valence-electron chi connectivity index (χ3n) is 3.87. The van der Waals surface area contributed by atoms with Crippen molar-refractivity contribution in [3.05, 3.63) is 22.7 Å². The molecule has 0 unspecified atom stereocenters. The Kier molecular flexibility index (Phi) is 8.12. The highest BCUT2D eigenvalue weighted by molar-refractivity contribution is 6.32. The van der Waals surface area contributed by atoms with Crippen molar-refractivity contribution in [3.63, 3.8) is 0 Å². The second kappa shape index (κ2) is 10.1. The van der Waals surface area contributed by atoms with Crippen molar-refractivity contribution in [2.75, 3.05) is 45.9 Å². The number of hydrogen-bond acceptors (Lipinski definition) is 5. The van der Waals surface area contributed by atoms with Crippen LogP contribution in [-0.4, -0.2) is 56.9 Å². The molecule has 24 heavy (non-hydrogen) atoms. The Morgan fingerprint density at radius 3 is 2.71 bits per heavy atom. The van der Waals surface area contributed by atoms with Crippen molar-refractivity contribution in [2.45, 2.75) is 33.4 Å². The lowest BCUT2D eigenvalue weighted by Crippen LogP contribution is -2.45. The van der Waals surface area contributed by atoms with E-state index in [9.17, 15) is 0 Å². The van der Waals surface area contributed by atoms with Crippen LogP contribution in [0.5, 0.6) is 11.5 Å². The Morgan fingerprint density at radius 2 is 2.04 bits per heavy atom. The normalized spacial score (nSPS) is 15.7. The molecule has 0 radical (unpaired) electrons. The average molecular weight is 356 g/mol. The van der Waals surface area contributed by atoms with Crippen LogP contribution in [0, 0.1) is 0 Å². The van der Waals surface area contributed by atoms with Crippen LogP contribution in [0.3, 0.4) is 0 Å². The molecule has 0 aromatic heterocycles. The van der Waals surface area contributed by atoms with Gasteiger partial charge in [0.05, 0.1) is 17.7 Å². The highest BCUT2D eigenvalue weighted by Gasteiger charge is 2.14. The fourth-order valence-corrected chi connectivity index (χ4v) is 3.02. The highest BCUT2D eigenvalue weighted by Crippen LogP contribution is 2.37. The molecule has 1 aliphatic heterocycles. The molecule has 0 aliphatic carbocycles. The maximum Gasteiger partial charge on any atom is 0.180 e. The predicted octanol–water partition coefficient (Wildman–Crippen LogP) is 2.52. The molecule has 1 heterocycles. The zero-order valence-corrected chi connectivity index (χ0v) is 15.8. The van der Waals surface area contributed by atoms with Gasteiger partial charge >= 0.3 is 0 Å². The van der Waals surface area contributed by atoms with E-state index in [1.807, 2.05) is 32.9 Å². The van der Waals surface area contributed by atoms with E-state index in [0.29, 0.717) is 17.4 Å². The molecule has 0 bridgehead atoms. The van der Waals surface area contributed by atoms with E-state index in [2.05, 4.69) is 15.5 Å². The number of hydrogen-bond donors (Lipinski definition) is 2. The van der Waals surface area contributed by atoms with Gasteiger partial charge in [-0.25, -0.2) is 0 Å². The average Bonchev–Trinajstić information content (AvgIpc) is 2.56. The van der Waals surface area contributed by atoms with Crippen molar-refractivity contribution in [1.29, 1.82) is 0 Å². The van der Waals surface area contributed by atoms with E-state index in [1.54, 1.807) is 0 Å². The first-order chi connectivity index (χ1) is 11.6. The minimum Gasteiger partial charge on any atom is -0.490 e. The molecule has 0 saturated carbocycles. The largest absolute Gasteiger partial charge is 0.490 e. The lowest BCUT2D eigenvalue weighted by atomic mass is 10.2. The fraction of sp³-hybridized carbons (Fsp3) is 0.667. The van der Waals surface area contributed by atoms with Crippen LogP contribution in [0.1, 0.15) is 26.3 Å². The van der Waals surface area contributed by atoms with Gasteiger partial charge in [-0.3, -0.25) is 4.90 Å². The van der Waals surface area contributed by atoms with Crippen LogP contribution in [0.25, 0.3) is 0 Å². The standard InChI is InChI=1S/C18H30ClN3O2/c1-4-23-17-12-15(11-16(19)18(17)24-14(2)3)13-21-7-10-22-8-5-20-6-9-22/h11-12,14,20-21H,4-10,13H2,1-3H3. The quantitative estimate of drug-likeness (QED) is 0.666. The maximum atomic E-state index is 6.40. The smallest absolute Gasteiger partial charge is 0.180 e. The van der Waals surface area contributed by atoms with Crippen molar-refractivity contribution in [2.24, 2.45) is 0 Å². The van der Waals surface area contributed by atoms with Crippen LogP contribution >= 0.6 is 11.6 Å². The fourth-order valence-electron chi connectivity index (χ4n) is 2.74. The molecular formula is C18H30ClN3O2. The molecule has 1 fully saturated rings. The lowest BCUT2D eigenvalue weighted by molar-refractivity contribution is 0.224. The van der Waals surface area contributed by atoms with Crippen LogP contribution in [0.15, 0.2) is 12.1 Å². The summed E-state index contributed by atoms with van der Waals surface area (Å²) >= 11 is 6.40. The summed E-state index contributed by atoms with van der Waals surface area (Å²) in [6.07, 6.45) is 0.0599. The van der Waals surface area contributed by atoms with Gasteiger partial charge in [0.1, 0.15) is 0 Å². The molecule has 0 atom stereocenters. The summed E-state index contributed by atoms with van der Waals surface area (Å²) in [5.41, 5.74) is 1.11. The van der Waals surface area contributed by atoms with E-state index in [4.69, 9.17) is 21.1 Å². The van der Waals surface area contributed by atoms with Gasteiger partial charge in [0.15, 0.2) is 11.5 Å². The number of halogens is 1. The Bertz CT molecular complexity index is 505. The van der Waals surface area contributed by atoms with Crippen LogP contribution in [-0.2, 0) is 6.54 Å². The molecule has 0 amide bonds. The monoisotopic (exact) mass is 355 g/mol. The number of nitrogens with one attached hydrogen (secondary N) is 2. The van der Waals surface area contributed by atoms with Gasteiger partial charge in [0, 0.05) is 45.8 Å². The summed E-state index contributed by atoms with van der Waals surface area (Å²) in [4.78, 5) is 2.47. The first kappa shape index (κ1) is 19.3. The van der Waals surface area contributed by atoms with E-state index in [-0.39, 0.29) is 6.10 Å². The van der Waals surface area contributed by atoms with E-state index >= 15 is 0 Å². The number of rotatable bonds is 9. The Hall–Kier alpha value is -1.01. The van der Waals surface area contributed by atoms with Gasteiger partial charge in [0.2, 0.25) is 0 Å². The summed E-state index contributed by atoms with van der Waals surface area (Å²) in [6, 6.07) is 3.98. The van der Waals surface area contributed by atoms with Crippen LogP contribution in [0.2, 0.25) is 5.02 Å². The van der Waals surface area contributed by atoms with Gasteiger partial charge in [-0.05, 0) is 38.5 Å². The minimum absolute atomic E-state index is 0.0599. The molecule has 1 aromatic carbocycles. The van der Waals surface area contributed by atoms with Crippen molar-refractivity contribution in [3.8, 4) is 11.5 Å². The first-order valence-corrected chi connectivity index (χ1v) is 9.23. The Labute approximate surface area is 150 Å². The summed E-state index contributed by atoms with van der Waals surface area (Å²) in [5, 5.41) is 7.47. The van der Waals surface area contributed by atoms with E-state index < -0.39 is 0 Å². The number of benzene rings is 1. The lowest BCUT2D eigenvalue weighted by Gasteiger charge is -2.27. The second-order valence-electron chi connectivity index (χ2n) is 6.27. The summed E-state index contributed by atoms with van der Waals surface area (Å²) in [6.45, 7) is 13.8. The molecule has 2 rings (SSSR count). The molecule has 2 N–H and O–H groups in total. The molecule has 1 aliphatic rings. The summed E-state index contributed by atoms with van der Waals surface area (Å²) in [7, 11) is 0. The first-order valence-electron chi connectivity index (χ1n) is 8.85. The summed E-state index contributed by atoms with van der Waals surface area (Å²) < 4.78 is 11.5. The van der Waals surface area contributed by atoms with Gasteiger partial charge in [-0.2, -0.15) is 0 Å². The Balaban J connectivity index is 1.89. The predicted molar refractivity (Wildman–Crippen MR) is 99.4 cm³/mol. The second-order valence-corrected chi connectivity index (χ2v) is 6.68. The number of piperazine rings is 1. The van der Waals surface area contributed by atoms with Crippen molar-refractivity contribution in [1.82, 2.24) is 15.5 Å². The highest BCUT2D eigenvalue weighted by atomic mass is 35.5. The molecular weight excluding hydrogens is 326 g/mol. The van der Waals surface area contributed by atoms with Crippen molar-refractivity contribution >= 4 is 11.6 Å². The molecule has 5 nitrogen and oxygen atoms in total. The zero-order valence-electron chi connectivity index (χ0n) is 15.0. The zero-order chi connectivity index (χ0) is 17.4. The minimum atomic E-state index is 0.0599. The Morgan fingerprint density at radius 1 is 1.29 bits per heavy atom. The third kappa shape index (κ3) is 6.13. The van der Waals surface area contributed by atoms with Crippen LogP contribution in [0.4, 0.5) is 0 Å². The van der Waals surface area contributed by atoms with Gasteiger partial charge in [-0.15, -0.1) is 0 Å². The number of nitrogens with zero attached hydrogens (tertiary/aromatic N) is 1. The third-order valence-corrected chi connectivity index (χ3v) is 4.15. The SMILES string of the molecule is CCOc1cc(CNCCN2CCNCC2)cc(Cl)c1OC(C)C. The molecule has 6 heteroatoms. The number of ether oxygens (including phenoxy) is 2. The molecule has 0 spiro atoms. The van der Waals surface area contributed by atoms with E-state index in [0.717, 1.165) is 57.1 Å². The van der Waals surface area contributed by atoms with E-state index in [1.165, 1.54) is 0 Å². The van der Waals surface area contributed by atoms with Crippen molar-refractivity contribution < 1.29 is 9.47 Å². The van der Waals surface area contributed by atoms with Gasteiger partial charge in [-0.1, -0.05) is 11.6 Å². The maximum absolute atomic E-state index is 6.40. The van der Waals surface area contributed by atoms with Gasteiger partial charge in [0.25, 0.3) is 0 Å². The molecule has 1 aromatic rings. The van der Waals surface area contributed by atoms with Gasteiger partial charge < -0.3 is 20.1 Å². The van der Waals surface area contributed by atoms with Crippen LogP contribution < -0.4 is 20.1 Å². The molecule has 1 saturated heterocycles.